The van der Waals surface area contributed by atoms with E-state index in [-0.39, 0.29) is 15.4 Å². The van der Waals surface area contributed by atoms with E-state index < -0.39 is 55.6 Å². The molecule has 0 amide bonds. The fraction of sp³-hybridized carbons (Fsp3) is 0.268. The Bertz CT molecular complexity index is 2800. The average molecular weight is 855 g/mol. The van der Waals surface area contributed by atoms with Gasteiger partial charge in [-0.05, 0) is 153 Å². The van der Waals surface area contributed by atoms with Crippen molar-refractivity contribution < 1.29 is 42.8 Å². The monoisotopic (exact) mass is 854 g/mol. The lowest BCUT2D eigenvalue weighted by Gasteiger charge is -2.26. The van der Waals surface area contributed by atoms with Crippen molar-refractivity contribution in [2.24, 2.45) is 0 Å². The van der Waals surface area contributed by atoms with Gasteiger partial charge in [-0.2, -0.15) is 16.8 Å². The van der Waals surface area contributed by atoms with Gasteiger partial charge in [0.2, 0.25) is 0 Å². The Morgan fingerprint density at radius 2 is 0.842 bits per heavy atom. The van der Waals surface area contributed by atoms with E-state index in [1.54, 1.807) is 77.9 Å². The van der Waals surface area contributed by atoms with Gasteiger partial charge in [0.15, 0.2) is 19.7 Å². The van der Waals surface area contributed by atoms with Gasteiger partial charge in [-0.3, -0.25) is 9.11 Å². The summed E-state index contributed by atoms with van der Waals surface area (Å²) >= 11 is 0. The van der Waals surface area contributed by atoms with E-state index in [2.05, 4.69) is 10.6 Å². The van der Waals surface area contributed by atoms with E-state index in [0.29, 0.717) is 73.3 Å². The molecular formula is C41H46N2O10S4. The minimum Gasteiger partial charge on any atom is -0.355 e. The van der Waals surface area contributed by atoms with Crippen LogP contribution in [0.15, 0.2) is 86.3 Å². The van der Waals surface area contributed by atoms with Crippen molar-refractivity contribution in [3.05, 3.63) is 128 Å². The summed E-state index contributed by atoms with van der Waals surface area (Å²) < 4.78 is 121. The highest BCUT2D eigenvalue weighted by Crippen LogP contribution is 2.42. The van der Waals surface area contributed by atoms with E-state index in [9.17, 15) is 42.8 Å². The van der Waals surface area contributed by atoms with Gasteiger partial charge in [0.25, 0.3) is 20.2 Å². The number of anilines is 4. The Morgan fingerprint density at radius 1 is 0.456 bits per heavy atom. The first-order valence-electron chi connectivity index (χ1n) is 17.6. The van der Waals surface area contributed by atoms with Gasteiger partial charge < -0.3 is 10.6 Å². The molecule has 0 aromatic heterocycles. The lowest BCUT2D eigenvalue weighted by atomic mass is 9.81. The summed E-state index contributed by atoms with van der Waals surface area (Å²) in [6.45, 7) is 14.3. The number of hydrogen-bond acceptors (Lipinski definition) is 10. The van der Waals surface area contributed by atoms with Gasteiger partial charge in [-0.1, -0.05) is 30.3 Å². The molecule has 57 heavy (non-hydrogen) atoms. The van der Waals surface area contributed by atoms with Crippen LogP contribution in [0.2, 0.25) is 0 Å². The molecule has 4 N–H and O–H groups in total. The Balaban J connectivity index is 1.70. The smallest absolute Gasteiger partial charge is 0.294 e. The molecule has 304 valence electrons. The molecule has 0 heterocycles. The predicted molar refractivity (Wildman–Crippen MR) is 223 cm³/mol. The van der Waals surface area contributed by atoms with Gasteiger partial charge in [0, 0.05) is 41.2 Å². The zero-order valence-corrected chi connectivity index (χ0v) is 36.5. The number of benzene rings is 5. The number of aryl methyl sites for hydroxylation is 6. The summed E-state index contributed by atoms with van der Waals surface area (Å²) in [7, 11) is -17.0. The Hall–Kier alpha value is -4.58. The molecule has 0 saturated heterocycles. The van der Waals surface area contributed by atoms with E-state index in [1.165, 1.54) is 6.07 Å². The van der Waals surface area contributed by atoms with Crippen LogP contribution in [0.25, 0.3) is 0 Å². The molecule has 0 radical (unpaired) electrons. The maximum Gasteiger partial charge on any atom is 0.294 e. The van der Waals surface area contributed by atoms with Crippen molar-refractivity contribution in [3.8, 4) is 0 Å². The SMILES string of the molecule is Cc1cc(Nc2c(C)cc(C)c(S(C)(=O)=O)c2C)ccc1C(c1ccc(Nc2c(C)cc(C)c(S(C)(=O)=O)c2C)cc1C)c1ccc(S(=O)(=O)O)cc1S(=O)(=O)O. The third-order valence-corrected chi connectivity index (χ3v) is 14.6. The van der Waals surface area contributed by atoms with Gasteiger partial charge in [0.05, 0.1) is 19.6 Å². The molecule has 0 fully saturated rings. The van der Waals surface area contributed by atoms with Gasteiger partial charge in [0.1, 0.15) is 0 Å². The Morgan fingerprint density at radius 3 is 1.18 bits per heavy atom. The lowest BCUT2D eigenvalue weighted by Crippen LogP contribution is -2.14. The van der Waals surface area contributed by atoms with E-state index in [4.69, 9.17) is 0 Å². The third kappa shape index (κ3) is 8.96. The first kappa shape index (κ1) is 43.5. The fourth-order valence-electron chi connectivity index (χ4n) is 7.94. The Kier molecular flexibility index (Phi) is 11.7. The maximum absolute atomic E-state index is 12.9. The highest BCUT2D eigenvalue weighted by molar-refractivity contribution is 7.91. The molecule has 12 nitrogen and oxygen atoms in total. The summed E-state index contributed by atoms with van der Waals surface area (Å²) in [5.74, 6) is -0.917. The predicted octanol–water partition coefficient (Wildman–Crippen LogP) is 8.12. The van der Waals surface area contributed by atoms with Crippen LogP contribution in [0.3, 0.4) is 0 Å². The number of hydrogen-bond donors (Lipinski definition) is 4. The summed E-state index contributed by atoms with van der Waals surface area (Å²) in [5, 5.41) is 6.71. The molecular weight excluding hydrogens is 809 g/mol. The molecule has 0 unspecified atom stereocenters. The minimum atomic E-state index is -5.06. The van der Waals surface area contributed by atoms with Crippen LogP contribution < -0.4 is 10.6 Å². The minimum absolute atomic E-state index is 0.0311. The van der Waals surface area contributed by atoms with Crippen molar-refractivity contribution >= 4 is 62.7 Å². The molecule has 0 aliphatic heterocycles. The normalized spacial score (nSPS) is 12.6. The maximum atomic E-state index is 12.9. The van der Waals surface area contributed by atoms with Crippen LogP contribution in [-0.4, -0.2) is 55.3 Å². The van der Waals surface area contributed by atoms with E-state index >= 15 is 0 Å². The van der Waals surface area contributed by atoms with Crippen molar-refractivity contribution in [1.29, 1.82) is 0 Å². The van der Waals surface area contributed by atoms with Crippen molar-refractivity contribution in [1.82, 2.24) is 0 Å². The molecule has 0 saturated carbocycles. The highest BCUT2D eigenvalue weighted by atomic mass is 32.2. The van der Waals surface area contributed by atoms with Crippen LogP contribution in [0.4, 0.5) is 22.7 Å². The van der Waals surface area contributed by atoms with Crippen LogP contribution >= 0.6 is 0 Å². The molecule has 16 heteroatoms. The number of sulfone groups is 2. The van der Waals surface area contributed by atoms with Crippen molar-refractivity contribution in [2.45, 2.75) is 80.9 Å². The molecule has 5 aromatic rings. The van der Waals surface area contributed by atoms with Gasteiger partial charge in [-0.15, -0.1) is 0 Å². The first-order valence-corrected chi connectivity index (χ1v) is 24.2. The van der Waals surface area contributed by atoms with Crippen LogP contribution in [0.1, 0.15) is 67.1 Å². The Labute approximate surface area is 335 Å². The molecule has 0 bridgehead atoms. The second kappa shape index (κ2) is 15.3. The zero-order chi connectivity index (χ0) is 42.7. The molecule has 0 spiro atoms. The van der Waals surface area contributed by atoms with Crippen molar-refractivity contribution in [2.75, 3.05) is 23.1 Å². The second-order valence-corrected chi connectivity index (χ2v) is 21.4. The van der Waals surface area contributed by atoms with Gasteiger partial charge >= 0.3 is 0 Å². The van der Waals surface area contributed by atoms with Crippen LogP contribution in [0.5, 0.6) is 0 Å². The first-order chi connectivity index (χ1) is 26.1. The van der Waals surface area contributed by atoms with Gasteiger partial charge in [-0.25, -0.2) is 16.8 Å². The summed E-state index contributed by atoms with van der Waals surface area (Å²) in [6, 6.07) is 17.3. The highest BCUT2D eigenvalue weighted by Gasteiger charge is 2.30. The molecule has 5 rings (SSSR count). The molecule has 0 aliphatic carbocycles. The topological polar surface area (TPSA) is 201 Å². The van der Waals surface area contributed by atoms with Crippen molar-refractivity contribution in [3.63, 3.8) is 0 Å². The number of rotatable bonds is 11. The van der Waals surface area contributed by atoms with E-state index in [1.807, 2.05) is 26.0 Å². The molecule has 5 aromatic carbocycles. The van der Waals surface area contributed by atoms with Crippen LogP contribution in [-0.2, 0) is 39.9 Å². The molecule has 0 aliphatic rings. The second-order valence-electron chi connectivity index (χ2n) is 14.7. The third-order valence-electron chi connectivity index (χ3n) is 10.1. The molecule has 0 atom stereocenters. The van der Waals surface area contributed by atoms with Crippen LogP contribution in [0, 0.1) is 55.4 Å². The lowest BCUT2D eigenvalue weighted by molar-refractivity contribution is 0.480. The largest absolute Gasteiger partial charge is 0.355 e. The summed E-state index contributed by atoms with van der Waals surface area (Å²) in [4.78, 5) is -0.983. The quantitative estimate of drug-likeness (QED) is 0.0736. The summed E-state index contributed by atoms with van der Waals surface area (Å²) in [5.41, 5.74) is 8.98. The van der Waals surface area contributed by atoms with E-state index in [0.717, 1.165) is 29.7 Å². The zero-order valence-electron chi connectivity index (χ0n) is 33.2. The standard InChI is InChI=1S/C41H46N2O10S4/c1-22-19-30(42-38-24(3)17-26(5)40(28(38)7)54(9,44)45)11-14-33(22)37(35-16-13-32(56(48,49)50)21-36(35)57(51,52)53)34-15-12-31(20-23(34)2)43-39-25(4)18-27(6)41(29(39)8)55(10,46)47/h11-21,37,42-43H,1-10H3,(H,48,49,50)(H,51,52,53). The number of nitrogens with one attached hydrogen (secondary N) is 2. The fourth-order valence-corrected chi connectivity index (χ4v) is 11.9. The average Bonchev–Trinajstić information content (AvgIpc) is 3.04. The summed E-state index contributed by atoms with van der Waals surface area (Å²) in [6.07, 6.45) is 2.32.